The molecule has 0 N–H and O–H groups in total. The van der Waals surface area contributed by atoms with Crippen LogP contribution in [0.4, 0.5) is 11.4 Å². The van der Waals surface area contributed by atoms with E-state index in [2.05, 4.69) is 182 Å². The predicted molar refractivity (Wildman–Crippen MR) is 248 cm³/mol. The summed E-state index contributed by atoms with van der Waals surface area (Å²) in [7, 11) is 0. The molecule has 0 saturated carbocycles. The molecule has 13 rings (SSSR count). The van der Waals surface area contributed by atoms with Crippen molar-refractivity contribution >= 4 is 92.9 Å². The standard InChI is InChI=1S/C56H33N2O/c1-2-11-33(12-3-1)34-13-8-14-37(29-34)55-56(58-50-20-7-6-19-49(50)57-55)38-25-28-42-40-16-5-4-15-39(40)41-26-23-36(31-47(41)48(42)32-38)35-24-27-43-44-17-9-21-51-53(44)54-45(46(43)30-35)18-10-22-52(54)59-51/h1-32,56H/q-1. The van der Waals surface area contributed by atoms with E-state index in [1.807, 2.05) is 12.1 Å². The second-order valence-corrected chi connectivity index (χ2v) is 15.8. The van der Waals surface area contributed by atoms with Gasteiger partial charge in [0.2, 0.25) is 0 Å². The van der Waals surface area contributed by atoms with Crippen molar-refractivity contribution in [1.82, 2.24) is 0 Å². The zero-order chi connectivity index (χ0) is 38.6. The highest BCUT2D eigenvalue weighted by molar-refractivity contribution is 6.33. The first-order valence-corrected chi connectivity index (χ1v) is 20.3. The molecule has 1 atom stereocenters. The van der Waals surface area contributed by atoms with E-state index in [9.17, 15) is 0 Å². The average molecular weight is 750 g/mol. The van der Waals surface area contributed by atoms with Crippen molar-refractivity contribution in [2.45, 2.75) is 6.04 Å². The van der Waals surface area contributed by atoms with Gasteiger partial charge < -0.3 is 9.73 Å². The van der Waals surface area contributed by atoms with Crippen molar-refractivity contribution in [1.29, 1.82) is 0 Å². The van der Waals surface area contributed by atoms with Gasteiger partial charge in [0, 0.05) is 22.2 Å². The quantitative estimate of drug-likeness (QED) is 0.165. The third-order valence-corrected chi connectivity index (χ3v) is 12.5. The van der Waals surface area contributed by atoms with Gasteiger partial charge in [-0.15, -0.1) is 5.69 Å². The molecule has 59 heavy (non-hydrogen) atoms. The minimum Gasteiger partial charge on any atom is -0.671 e. The van der Waals surface area contributed by atoms with Gasteiger partial charge in [0.15, 0.2) is 0 Å². The third-order valence-electron chi connectivity index (χ3n) is 12.5. The van der Waals surface area contributed by atoms with Crippen LogP contribution in [0.1, 0.15) is 17.2 Å². The molecular formula is C56H33N2O-. The molecule has 11 aromatic carbocycles. The number of nitrogens with zero attached hydrogens (tertiary/aromatic N) is 2. The molecule has 2 heterocycles. The summed E-state index contributed by atoms with van der Waals surface area (Å²) in [6, 6.07) is 69.8. The second-order valence-electron chi connectivity index (χ2n) is 15.8. The first kappa shape index (κ1) is 32.3. The van der Waals surface area contributed by atoms with E-state index in [0.717, 1.165) is 44.9 Å². The molecule has 0 fully saturated rings. The summed E-state index contributed by atoms with van der Waals surface area (Å²) < 4.78 is 6.34. The SMILES string of the molecule is c1ccc(-c2cccc(C3=Nc4ccccc4[N-]C3c3ccc4c5ccccc5c5ccc(-c6ccc7c(c6)c6cccc8oc9cccc7c9c86)cc5c4c3)c2)cc1. The van der Waals surface area contributed by atoms with E-state index in [0.29, 0.717) is 0 Å². The Labute approximate surface area is 339 Å². The lowest BCUT2D eigenvalue weighted by Gasteiger charge is -2.40. The number of benzene rings is 11. The first-order valence-electron chi connectivity index (χ1n) is 20.3. The van der Waals surface area contributed by atoms with Crippen molar-refractivity contribution in [2.75, 3.05) is 0 Å². The van der Waals surface area contributed by atoms with Crippen LogP contribution in [0.3, 0.4) is 0 Å². The summed E-state index contributed by atoms with van der Waals surface area (Å²) >= 11 is 0. The van der Waals surface area contributed by atoms with E-state index >= 15 is 0 Å². The highest BCUT2D eigenvalue weighted by Crippen LogP contribution is 2.48. The van der Waals surface area contributed by atoms with Crippen LogP contribution in [-0.2, 0) is 0 Å². The highest BCUT2D eigenvalue weighted by atomic mass is 16.3. The zero-order valence-corrected chi connectivity index (χ0v) is 31.9. The molecule has 1 unspecified atom stereocenters. The lowest BCUT2D eigenvalue weighted by molar-refractivity contribution is 0.669. The number of hydrogen-bond acceptors (Lipinski definition) is 2. The predicted octanol–water partition coefficient (Wildman–Crippen LogP) is 16.0. The van der Waals surface area contributed by atoms with Crippen molar-refractivity contribution < 1.29 is 4.42 Å². The van der Waals surface area contributed by atoms with Gasteiger partial charge in [-0.25, -0.2) is 0 Å². The van der Waals surface area contributed by atoms with Gasteiger partial charge in [-0.05, 0) is 124 Å². The summed E-state index contributed by atoms with van der Waals surface area (Å²) in [5.74, 6) is 0. The maximum absolute atomic E-state index is 6.34. The molecule has 12 aromatic rings. The molecule has 1 aliphatic heterocycles. The Morgan fingerprint density at radius 1 is 0.356 bits per heavy atom. The maximum atomic E-state index is 6.34. The Balaban J connectivity index is 1.01. The molecule has 0 radical (unpaired) electrons. The number of fused-ring (bicyclic) bond motifs is 10. The number of furan rings is 1. The number of rotatable bonds is 4. The van der Waals surface area contributed by atoms with Crippen LogP contribution in [0.2, 0.25) is 0 Å². The minimum atomic E-state index is -0.286. The Morgan fingerprint density at radius 3 is 1.61 bits per heavy atom. The van der Waals surface area contributed by atoms with Crippen LogP contribution >= 0.6 is 0 Å². The fourth-order valence-corrected chi connectivity index (χ4v) is 9.82. The Morgan fingerprint density at radius 2 is 0.864 bits per heavy atom. The molecule has 0 amide bonds. The number of para-hydroxylation sites is 2. The van der Waals surface area contributed by atoms with E-state index in [-0.39, 0.29) is 6.04 Å². The molecule has 0 bridgehead atoms. The summed E-state index contributed by atoms with van der Waals surface area (Å²) in [6.45, 7) is 0. The second kappa shape index (κ2) is 12.4. The summed E-state index contributed by atoms with van der Waals surface area (Å²) in [5, 5.41) is 20.2. The van der Waals surface area contributed by atoms with Crippen molar-refractivity contribution in [2.24, 2.45) is 4.99 Å². The molecule has 274 valence electrons. The monoisotopic (exact) mass is 749 g/mol. The minimum absolute atomic E-state index is 0.286. The fraction of sp³-hybridized carbons (Fsp3) is 0.0179. The molecule has 1 aliphatic rings. The lowest BCUT2D eigenvalue weighted by Crippen LogP contribution is -2.15. The smallest absolute Gasteiger partial charge is 0.136 e. The topological polar surface area (TPSA) is 39.6 Å². The molecular weight excluding hydrogens is 717 g/mol. The van der Waals surface area contributed by atoms with Crippen molar-refractivity contribution in [3.8, 4) is 22.3 Å². The van der Waals surface area contributed by atoms with Gasteiger partial charge in [0.25, 0.3) is 0 Å². The van der Waals surface area contributed by atoms with Gasteiger partial charge in [-0.1, -0.05) is 163 Å². The van der Waals surface area contributed by atoms with Crippen molar-refractivity contribution in [3.63, 3.8) is 0 Å². The zero-order valence-electron chi connectivity index (χ0n) is 31.9. The van der Waals surface area contributed by atoms with Crippen LogP contribution in [0.5, 0.6) is 0 Å². The molecule has 3 heteroatoms. The molecule has 1 aromatic heterocycles. The Kier molecular flexibility index (Phi) is 6.78. The van der Waals surface area contributed by atoms with Crippen LogP contribution in [-0.4, -0.2) is 5.71 Å². The summed E-state index contributed by atoms with van der Waals surface area (Å²) in [4.78, 5) is 5.34. The third kappa shape index (κ3) is 4.85. The lowest BCUT2D eigenvalue weighted by atomic mass is 9.87. The molecule has 0 aliphatic carbocycles. The van der Waals surface area contributed by atoms with Crippen LogP contribution in [0.15, 0.2) is 204 Å². The van der Waals surface area contributed by atoms with Crippen LogP contribution in [0.25, 0.3) is 103 Å². The molecule has 0 saturated heterocycles. The average Bonchev–Trinajstić information content (AvgIpc) is 3.70. The first-order chi connectivity index (χ1) is 29.2. The van der Waals surface area contributed by atoms with Gasteiger partial charge in [0.1, 0.15) is 11.2 Å². The van der Waals surface area contributed by atoms with Gasteiger partial charge in [0.05, 0.1) is 0 Å². The van der Waals surface area contributed by atoms with Gasteiger partial charge in [-0.2, -0.15) is 0 Å². The number of aliphatic imine (C=N–C) groups is 1. The van der Waals surface area contributed by atoms with E-state index in [1.165, 1.54) is 81.3 Å². The number of hydrogen-bond donors (Lipinski definition) is 0. The van der Waals surface area contributed by atoms with Gasteiger partial charge >= 0.3 is 0 Å². The van der Waals surface area contributed by atoms with Crippen LogP contribution in [0, 0.1) is 0 Å². The maximum Gasteiger partial charge on any atom is 0.136 e. The van der Waals surface area contributed by atoms with Gasteiger partial charge in [-0.3, -0.25) is 4.99 Å². The van der Waals surface area contributed by atoms with E-state index < -0.39 is 0 Å². The van der Waals surface area contributed by atoms with E-state index in [1.54, 1.807) is 0 Å². The summed E-state index contributed by atoms with van der Waals surface area (Å²) in [6.07, 6.45) is 0. The molecule has 3 nitrogen and oxygen atoms in total. The summed E-state index contributed by atoms with van der Waals surface area (Å²) in [5.41, 5.74) is 11.5. The normalized spacial score (nSPS) is 14.2. The van der Waals surface area contributed by atoms with E-state index in [4.69, 9.17) is 14.7 Å². The Bertz CT molecular complexity index is 3710. The highest BCUT2D eigenvalue weighted by Gasteiger charge is 2.21. The Hall–Kier alpha value is -7.75. The fourth-order valence-electron chi connectivity index (χ4n) is 9.82. The van der Waals surface area contributed by atoms with Crippen molar-refractivity contribution in [3.05, 3.63) is 211 Å². The van der Waals surface area contributed by atoms with Crippen LogP contribution < -0.4 is 0 Å². The largest absolute Gasteiger partial charge is 0.671 e. The molecule has 0 spiro atoms.